The molecule has 0 aliphatic heterocycles. The molecule has 2 N–H and O–H groups in total. The second-order valence-corrected chi connectivity index (χ2v) is 8.01. The summed E-state index contributed by atoms with van der Waals surface area (Å²) < 4.78 is 1.39. The number of fused-ring (bicyclic) bond motifs is 1. The third kappa shape index (κ3) is 4.42. The van der Waals surface area contributed by atoms with Crippen molar-refractivity contribution in [2.24, 2.45) is 7.05 Å². The van der Waals surface area contributed by atoms with Crippen LogP contribution in [0.15, 0.2) is 77.9 Å². The number of carbonyl (C=O) groups is 1. The van der Waals surface area contributed by atoms with Gasteiger partial charge in [-0.1, -0.05) is 35.9 Å². The molecule has 0 radical (unpaired) electrons. The predicted octanol–water partition coefficient (Wildman–Crippen LogP) is 4.40. The molecule has 1 atom stereocenters. The molecule has 0 saturated carbocycles. The number of hydrogen-bond donors (Lipinski definition) is 2. The molecule has 0 amide bonds. The topological polar surface area (TPSA) is 84.2 Å². The molecule has 0 aliphatic rings. The lowest BCUT2D eigenvalue weighted by atomic mass is 9.96. The van der Waals surface area contributed by atoms with Crippen LogP contribution in [0.4, 0.5) is 0 Å². The highest BCUT2D eigenvalue weighted by atomic mass is 35.5. The molecule has 0 saturated heterocycles. The molecule has 4 rings (SSSR count). The van der Waals surface area contributed by atoms with E-state index in [0.717, 1.165) is 11.1 Å². The van der Waals surface area contributed by atoms with Crippen LogP contribution in [0.2, 0.25) is 5.02 Å². The minimum atomic E-state index is -0.518. The van der Waals surface area contributed by atoms with E-state index in [0.29, 0.717) is 22.5 Å². The third-order valence-electron chi connectivity index (χ3n) is 5.52. The van der Waals surface area contributed by atoms with E-state index in [1.165, 1.54) is 4.57 Å². The number of halogens is 1. The Morgan fingerprint density at radius 3 is 2.50 bits per heavy atom. The van der Waals surface area contributed by atoms with Crippen molar-refractivity contribution in [3.05, 3.63) is 105 Å². The Labute approximate surface area is 190 Å². The van der Waals surface area contributed by atoms with E-state index in [4.69, 9.17) is 11.6 Å². The van der Waals surface area contributed by atoms with Crippen LogP contribution in [0.25, 0.3) is 10.9 Å². The number of carbonyl (C=O) groups excluding carboxylic acids is 1. The molecular formula is C25H22ClN3O3. The number of hydrogen-bond acceptors (Lipinski definition) is 5. The van der Waals surface area contributed by atoms with E-state index in [-0.39, 0.29) is 23.8 Å². The number of Topliss-reactive ketones (excluding diaryl/α,β-unsaturated/α-hetero) is 1. The molecule has 0 unspecified atom stereocenters. The minimum absolute atomic E-state index is 0.00610. The molecule has 2 heterocycles. The molecule has 0 fully saturated rings. The van der Waals surface area contributed by atoms with Crippen LogP contribution in [0.3, 0.4) is 0 Å². The molecule has 162 valence electrons. The Morgan fingerprint density at radius 1 is 1.09 bits per heavy atom. The predicted molar refractivity (Wildman–Crippen MR) is 125 cm³/mol. The van der Waals surface area contributed by atoms with Crippen molar-refractivity contribution in [3.8, 4) is 5.75 Å². The van der Waals surface area contributed by atoms with Crippen LogP contribution in [-0.4, -0.2) is 20.4 Å². The number of benzene rings is 2. The van der Waals surface area contributed by atoms with E-state index >= 15 is 0 Å². The van der Waals surface area contributed by atoms with Crippen LogP contribution in [0, 0.1) is 0 Å². The summed E-state index contributed by atoms with van der Waals surface area (Å²) in [5.41, 5.74) is 1.72. The minimum Gasteiger partial charge on any atom is -0.506 e. The van der Waals surface area contributed by atoms with Crippen molar-refractivity contribution >= 4 is 28.3 Å². The highest BCUT2D eigenvalue weighted by Crippen LogP contribution is 2.29. The maximum Gasteiger partial charge on any atom is 0.265 e. The van der Waals surface area contributed by atoms with E-state index in [1.807, 2.05) is 24.3 Å². The van der Waals surface area contributed by atoms with Gasteiger partial charge >= 0.3 is 0 Å². The quantitative estimate of drug-likeness (QED) is 0.410. The van der Waals surface area contributed by atoms with E-state index in [9.17, 15) is 14.7 Å². The normalized spacial score (nSPS) is 12.1. The van der Waals surface area contributed by atoms with Gasteiger partial charge in [0.25, 0.3) is 5.56 Å². The van der Waals surface area contributed by atoms with Crippen LogP contribution in [0.1, 0.15) is 33.9 Å². The van der Waals surface area contributed by atoms with Crippen LogP contribution in [-0.2, 0) is 13.6 Å². The van der Waals surface area contributed by atoms with Gasteiger partial charge in [-0.15, -0.1) is 0 Å². The highest BCUT2D eigenvalue weighted by Gasteiger charge is 2.24. The van der Waals surface area contributed by atoms with Crippen LogP contribution in [0.5, 0.6) is 5.75 Å². The first kappa shape index (κ1) is 21.7. The molecule has 2 aromatic heterocycles. The maximum atomic E-state index is 13.3. The molecule has 0 bridgehead atoms. The van der Waals surface area contributed by atoms with Gasteiger partial charge in [-0.3, -0.25) is 14.6 Å². The monoisotopic (exact) mass is 447 g/mol. The summed E-state index contributed by atoms with van der Waals surface area (Å²) in [4.78, 5) is 30.2. The van der Waals surface area contributed by atoms with Gasteiger partial charge in [-0.25, -0.2) is 0 Å². The average Bonchev–Trinajstić information content (AvgIpc) is 2.81. The Hall–Kier alpha value is -3.48. The Kier molecular flexibility index (Phi) is 6.35. The number of nitrogens with zero attached hydrogens (tertiary/aromatic N) is 2. The molecule has 6 nitrogen and oxygen atoms in total. The Bertz CT molecular complexity index is 1320. The largest absolute Gasteiger partial charge is 0.506 e. The molecular weight excluding hydrogens is 426 g/mol. The van der Waals surface area contributed by atoms with Crippen molar-refractivity contribution in [2.75, 3.05) is 0 Å². The van der Waals surface area contributed by atoms with Crippen molar-refractivity contribution in [2.45, 2.75) is 19.0 Å². The Morgan fingerprint density at radius 2 is 1.78 bits per heavy atom. The summed E-state index contributed by atoms with van der Waals surface area (Å²) in [6, 6.07) is 17.6. The van der Waals surface area contributed by atoms with Gasteiger partial charge in [0.2, 0.25) is 0 Å². The van der Waals surface area contributed by atoms with Gasteiger partial charge in [0.05, 0.1) is 5.52 Å². The number of nitrogens with one attached hydrogen (secondary N) is 1. The standard InChI is InChI=1S/C25H22ClN3O3/c1-29-21-5-3-2-4-19(21)24(31)23(25(29)32)22(30)14-20(17-6-8-18(26)9-7-17)28-15-16-10-12-27-13-11-16/h2-13,20,28,31H,14-15H2,1H3/t20-/m0/s1. The summed E-state index contributed by atoms with van der Waals surface area (Å²) >= 11 is 6.03. The van der Waals surface area contributed by atoms with Crippen molar-refractivity contribution in [3.63, 3.8) is 0 Å². The number of para-hydroxylation sites is 1. The van der Waals surface area contributed by atoms with Gasteiger partial charge in [0.1, 0.15) is 11.3 Å². The summed E-state index contributed by atoms with van der Waals surface area (Å²) in [5.74, 6) is -0.714. The van der Waals surface area contributed by atoms with Crippen molar-refractivity contribution in [1.29, 1.82) is 0 Å². The second kappa shape index (κ2) is 9.34. The second-order valence-electron chi connectivity index (χ2n) is 7.57. The van der Waals surface area contributed by atoms with Gasteiger partial charge < -0.3 is 15.0 Å². The lowest BCUT2D eigenvalue weighted by molar-refractivity contribution is 0.0964. The fourth-order valence-electron chi connectivity index (χ4n) is 3.76. The fourth-order valence-corrected chi connectivity index (χ4v) is 3.89. The molecule has 32 heavy (non-hydrogen) atoms. The van der Waals surface area contributed by atoms with Gasteiger partial charge in [0, 0.05) is 48.9 Å². The zero-order chi connectivity index (χ0) is 22.7. The summed E-state index contributed by atoms with van der Waals surface area (Å²) in [6.45, 7) is 0.505. The smallest absolute Gasteiger partial charge is 0.265 e. The zero-order valence-corrected chi connectivity index (χ0v) is 18.2. The summed E-state index contributed by atoms with van der Waals surface area (Å²) in [5, 5.41) is 15.2. The Balaban J connectivity index is 1.68. The average molecular weight is 448 g/mol. The lowest BCUT2D eigenvalue weighted by Gasteiger charge is -2.20. The maximum absolute atomic E-state index is 13.3. The first-order chi connectivity index (χ1) is 15.5. The van der Waals surface area contributed by atoms with Gasteiger partial charge in [-0.2, -0.15) is 0 Å². The van der Waals surface area contributed by atoms with E-state index in [2.05, 4.69) is 10.3 Å². The number of aromatic hydroxyl groups is 1. The number of aromatic nitrogens is 2. The lowest BCUT2D eigenvalue weighted by Crippen LogP contribution is -2.29. The first-order valence-electron chi connectivity index (χ1n) is 10.2. The van der Waals surface area contributed by atoms with E-state index < -0.39 is 11.3 Å². The molecule has 2 aromatic carbocycles. The molecule has 0 spiro atoms. The number of pyridine rings is 2. The summed E-state index contributed by atoms with van der Waals surface area (Å²) in [6.07, 6.45) is 3.40. The van der Waals surface area contributed by atoms with Crippen LogP contribution < -0.4 is 10.9 Å². The number of rotatable bonds is 7. The van der Waals surface area contributed by atoms with Crippen molar-refractivity contribution in [1.82, 2.24) is 14.9 Å². The highest BCUT2D eigenvalue weighted by molar-refractivity contribution is 6.30. The fraction of sp³-hybridized carbons (Fsp3) is 0.160. The van der Waals surface area contributed by atoms with Crippen molar-refractivity contribution < 1.29 is 9.90 Å². The van der Waals surface area contributed by atoms with E-state index in [1.54, 1.807) is 55.8 Å². The molecule has 0 aliphatic carbocycles. The third-order valence-corrected chi connectivity index (χ3v) is 5.77. The van der Waals surface area contributed by atoms with Crippen LogP contribution >= 0.6 is 11.6 Å². The molecule has 4 aromatic rings. The van der Waals surface area contributed by atoms with Gasteiger partial charge in [0.15, 0.2) is 5.78 Å². The number of aryl methyl sites for hydroxylation is 1. The van der Waals surface area contributed by atoms with Gasteiger partial charge in [-0.05, 0) is 47.5 Å². The first-order valence-corrected chi connectivity index (χ1v) is 10.5. The zero-order valence-electron chi connectivity index (χ0n) is 17.5. The SMILES string of the molecule is Cn1c(=O)c(C(=O)C[C@H](NCc2ccncc2)c2ccc(Cl)cc2)c(O)c2ccccc21. The summed E-state index contributed by atoms with van der Waals surface area (Å²) in [7, 11) is 1.60. The number of ketones is 1. The molecule has 7 heteroatoms.